The summed E-state index contributed by atoms with van der Waals surface area (Å²) in [6.45, 7) is 3.64. The van der Waals surface area contributed by atoms with Crippen LogP contribution in [0.2, 0.25) is 0 Å². The highest BCUT2D eigenvalue weighted by Gasteiger charge is 1.71. The predicted molar refractivity (Wildman–Crippen MR) is 33.0 cm³/mol. The van der Waals surface area contributed by atoms with Crippen molar-refractivity contribution in [2.45, 2.75) is 13.8 Å². The molecule has 1 N–H and O–H groups in total. The van der Waals surface area contributed by atoms with Gasteiger partial charge in [-0.3, -0.25) is 0 Å². The topological polar surface area (TPSA) is 37.3 Å². The molecule has 0 aliphatic heterocycles. The fourth-order valence-electron chi connectivity index (χ4n) is 0. The molecule has 0 fully saturated rings. The molecule has 46 valence electrons. The van der Waals surface area contributed by atoms with E-state index < -0.39 is 5.43 Å². The van der Waals surface area contributed by atoms with Gasteiger partial charge in [0.1, 0.15) is 0 Å². The Bertz CT molecular complexity index is 99.3. The zero-order valence-electron chi connectivity index (χ0n) is 4.73. The van der Waals surface area contributed by atoms with Crippen LogP contribution in [-0.2, 0) is 0 Å². The highest BCUT2D eigenvalue weighted by Crippen LogP contribution is 1.67. The average Bonchev–Trinajstić information content (AvgIpc) is 1.65. The highest BCUT2D eigenvalue weighted by molar-refractivity contribution is 6.60. The summed E-state index contributed by atoms with van der Waals surface area (Å²) in [5.41, 5.74) is -1.36. The van der Waals surface area contributed by atoms with E-state index in [1.54, 1.807) is 0 Å². The van der Waals surface area contributed by atoms with E-state index in [2.05, 4.69) is 23.4 Å². The van der Waals surface area contributed by atoms with Gasteiger partial charge < -0.3 is 5.11 Å². The lowest BCUT2D eigenvalue weighted by molar-refractivity contribution is 0.220. The van der Waals surface area contributed by atoms with Gasteiger partial charge in [0.2, 0.25) is 0 Å². The van der Waals surface area contributed by atoms with Gasteiger partial charge in [-0.25, -0.2) is 4.79 Å². The SMILES string of the molecule is CC#CC.O=C(O)Cl. The maximum absolute atomic E-state index is 8.77. The first kappa shape index (κ1) is 10.3. The molecule has 3 heteroatoms. The molecule has 0 unspecified atom stereocenters. The van der Waals surface area contributed by atoms with Gasteiger partial charge in [-0.1, -0.05) is 0 Å². The van der Waals surface area contributed by atoms with Crippen LogP contribution < -0.4 is 0 Å². The summed E-state index contributed by atoms with van der Waals surface area (Å²) < 4.78 is 0. The van der Waals surface area contributed by atoms with Gasteiger partial charge in [0.15, 0.2) is 0 Å². The van der Waals surface area contributed by atoms with Gasteiger partial charge in [0, 0.05) is 11.6 Å². The molecule has 8 heavy (non-hydrogen) atoms. The second-order valence-electron chi connectivity index (χ2n) is 0.753. The standard InChI is InChI=1S/C4H6.CHClO2/c1-3-4-2;2-1(3)4/h1-2H3;(H,3,4). The molecule has 2 nitrogen and oxygen atoms in total. The van der Waals surface area contributed by atoms with Crippen LogP contribution in [0.15, 0.2) is 0 Å². The van der Waals surface area contributed by atoms with Crippen molar-refractivity contribution in [2.75, 3.05) is 0 Å². The minimum atomic E-state index is -1.36. The lowest BCUT2D eigenvalue weighted by atomic mass is 10.7. The Kier molecular flexibility index (Phi) is 12.4. The highest BCUT2D eigenvalue weighted by atomic mass is 35.5. The molecular weight excluding hydrogens is 128 g/mol. The van der Waals surface area contributed by atoms with Crippen molar-refractivity contribution in [3.63, 3.8) is 0 Å². The monoisotopic (exact) mass is 134 g/mol. The van der Waals surface area contributed by atoms with E-state index in [0.717, 1.165) is 0 Å². The maximum Gasteiger partial charge on any atom is 0.401 e. The van der Waals surface area contributed by atoms with E-state index in [9.17, 15) is 0 Å². The molecule has 0 aromatic carbocycles. The Balaban J connectivity index is 0. The Morgan fingerprint density at radius 2 is 1.62 bits per heavy atom. The molecule has 0 rings (SSSR count). The first-order valence-corrected chi connectivity index (χ1v) is 2.24. The van der Waals surface area contributed by atoms with E-state index in [0.29, 0.717) is 0 Å². The first-order chi connectivity index (χ1) is 3.65. The lowest BCUT2D eigenvalue weighted by Crippen LogP contribution is -1.66. The van der Waals surface area contributed by atoms with Gasteiger partial charge >= 0.3 is 5.43 Å². The van der Waals surface area contributed by atoms with Crippen LogP contribution in [0.5, 0.6) is 0 Å². The third-order valence-electron chi connectivity index (χ3n) is 0.250. The van der Waals surface area contributed by atoms with Gasteiger partial charge in [0.25, 0.3) is 0 Å². The van der Waals surface area contributed by atoms with Crippen LogP contribution in [0.25, 0.3) is 0 Å². The van der Waals surface area contributed by atoms with Crippen LogP contribution >= 0.6 is 11.6 Å². The molecule has 0 aliphatic rings. The molecule has 0 aliphatic carbocycles. The van der Waals surface area contributed by atoms with Crippen LogP contribution in [0.1, 0.15) is 13.8 Å². The minimum Gasteiger partial charge on any atom is -0.469 e. The van der Waals surface area contributed by atoms with Crippen molar-refractivity contribution in [2.24, 2.45) is 0 Å². The van der Waals surface area contributed by atoms with Gasteiger partial charge in [0.05, 0.1) is 0 Å². The van der Waals surface area contributed by atoms with Crippen molar-refractivity contribution >= 4 is 17.0 Å². The zero-order chi connectivity index (χ0) is 6.99. The summed E-state index contributed by atoms with van der Waals surface area (Å²) in [6, 6.07) is 0. The van der Waals surface area contributed by atoms with E-state index in [1.165, 1.54) is 0 Å². The quantitative estimate of drug-likeness (QED) is 0.406. The molecule has 0 aromatic rings. The van der Waals surface area contributed by atoms with Crippen LogP contribution in [0, 0.1) is 11.8 Å². The van der Waals surface area contributed by atoms with Gasteiger partial charge in [-0.2, -0.15) is 0 Å². The normalized spacial score (nSPS) is 4.88. The second kappa shape index (κ2) is 9.58. The second-order valence-corrected chi connectivity index (χ2v) is 1.08. The molecule has 0 amide bonds. The summed E-state index contributed by atoms with van der Waals surface area (Å²) in [5.74, 6) is 5.36. The minimum absolute atomic E-state index is 1.36. The third kappa shape index (κ3) is 970. The molecule has 0 heterocycles. The number of hydrogen-bond acceptors (Lipinski definition) is 1. The van der Waals surface area contributed by atoms with Crippen molar-refractivity contribution in [3.05, 3.63) is 0 Å². The molecule has 0 bridgehead atoms. The smallest absolute Gasteiger partial charge is 0.401 e. The number of carbonyl (C=O) groups is 1. The fraction of sp³-hybridized carbons (Fsp3) is 0.400. The van der Waals surface area contributed by atoms with Crippen molar-refractivity contribution in [1.82, 2.24) is 0 Å². The Morgan fingerprint density at radius 3 is 1.62 bits per heavy atom. The van der Waals surface area contributed by atoms with E-state index >= 15 is 0 Å². The predicted octanol–water partition coefficient (Wildman–Crippen LogP) is 1.93. The van der Waals surface area contributed by atoms with Gasteiger partial charge in [-0.15, -0.1) is 11.8 Å². The summed E-state index contributed by atoms with van der Waals surface area (Å²) in [6.07, 6.45) is 0. The van der Waals surface area contributed by atoms with Crippen LogP contribution in [-0.4, -0.2) is 10.5 Å². The number of hydrogen-bond donors (Lipinski definition) is 1. The van der Waals surface area contributed by atoms with E-state index in [1.807, 2.05) is 13.8 Å². The van der Waals surface area contributed by atoms with Crippen LogP contribution in [0.4, 0.5) is 4.79 Å². The molecule has 0 saturated heterocycles. The first-order valence-electron chi connectivity index (χ1n) is 1.87. The van der Waals surface area contributed by atoms with Crippen LogP contribution in [0.3, 0.4) is 0 Å². The zero-order valence-corrected chi connectivity index (χ0v) is 5.49. The number of halogens is 1. The summed E-state index contributed by atoms with van der Waals surface area (Å²) in [5, 5.41) is 7.18. The molecule has 0 aromatic heterocycles. The number of carboxylic acid groups (broad SMARTS) is 1. The largest absolute Gasteiger partial charge is 0.469 e. The summed E-state index contributed by atoms with van der Waals surface area (Å²) in [4.78, 5) is 8.77. The molecule has 0 radical (unpaired) electrons. The van der Waals surface area contributed by atoms with E-state index in [-0.39, 0.29) is 0 Å². The average molecular weight is 135 g/mol. The van der Waals surface area contributed by atoms with Crippen molar-refractivity contribution < 1.29 is 9.90 Å². The number of rotatable bonds is 0. The maximum atomic E-state index is 8.77. The molecule has 0 atom stereocenters. The molecule has 0 saturated carbocycles. The van der Waals surface area contributed by atoms with Crippen molar-refractivity contribution in [3.8, 4) is 11.8 Å². The lowest BCUT2D eigenvalue weighted by Gasteiger charge is -1.55. The summed E-state index contributed by atoms with van der Waals surface area (Å²) in [7, 11) is 0. The Labute approximate surface area is 53.5 Å². The summed E-state index contributed by atoms with van der Waals surface area (Å²) >= 11 is 4.19. The molecular formula is C5H7ClO2. The van der Waals surface area contributed by atoms with E-state index in [4.69, 9.17) is 9.90 Å². The molecule has 0 spiro atoms. The van der Waals surface area contributed by atoms with Crippen molar-refractivity contribution in [1.29, 1.82) is 0 Å². The Morgan fingerprint density at radius 1 is 1.50 bits per heavy atom. The van der Waals surface area contributed by atoms with Gasteiger partial charge in [-0.05, 0) is 13.8 Å². The Hall–Kier alpha value is -0.680. The fourth-order valence-corrected chi connectivity index (χ4v) is 0. The third-order valence-corrected chi connectivity index (χ3v) is 0.250.